The Labute approximate surface area is 315 Å². The molecule has 0 aliphatic heterocycles. The molecule has 3 N–H and O–H groups in total. The molecule has 0 atom stereocenters. The third-order valence-electron chi connectivity index (χ3n) is 8.57. The van der Waals surface area contributed by atoms with Crippen LogP contribution in [0.4, 0.5) is 42.4 Å². The number of nitrogens with zero attached hydrogens (tertiary/aromatic N) is 5. The Morgan fingerprint density at radius 3 is 1.64 bits per heavy atom. The molecule has 7 rings (SSSR count). The number of hydrogen-bond acceptors (Lipinski definition) is 9. The normalized spacial score (nSPS) is 11.3. The zero-order valence-corrected chi connectivity index (χ0v) is 29.7. The molecule has 0 unspecified atom stereocenters. The lowest BCUT2D eigenvalue weighted by Crippen LogP contribution is -2.08. The molecule has 0 fully saturated rings. The number of hydrogen-bond donors (Lipinski definition) is 3. The highest BCUT2D eigenvalue weighted by molar-refractivity contribution is 5.90. The Hall–Kier alpha value is -6.58. The number of phenolic OH excluding ortho intramolecular Hbond substituents is 1. The second-order valence-corrected chi connectivity index (χ2v) is 12.5. The van der Waals surface area contributed by atoms with E-state index < -0.39 is 35.0 Å². The lowest BCUT2D eigenvalue weighted by Gasteiger charge is -2.12. The molecule has 56 heavy (non-hydrogen) atoms. The van der Waals surface area contributed by atoms with E-state index in [1.807, 2.05) is 25.1 Å². The maximum absolute atomic E-state index is 14.2. The van der Waals surface area contributed by atoms with Gasteiger partial charge < -0.3 is 20.5 Å². The van der Waals surface area contributed by atoms with Crippen LogP contribution in [-0.2, 0) is 19.0 Å². The molecule has 0 radical (unpaired) electrons. The Morgan fingerprint density at radius 1 is 0.607 bits per heavy atom. The molecule has 0 saturated heterocycles. The summed E-state index contributed by atoms with van der Waals surface area (Å²) in [5, 5.41) is 15.6. The van der Waals surface area contributed by atoms with Crippen molar-refractivity contribution in [3.8, 4) is 17.4 Å². The molecule has 4 aromatic carbocycles. The van der Waals surface area contributed by atoms with Crippen molar-refractivity contribution >= 4 is 33.4 Å². The van der Waals surface area contributed by atoms with Crippen LogP contribution in [0.3, 0.4) is 0 Å². The number of nitrogens with one attached hydrogen (secondary N) is 2. The zero-order valence-electron chi connectivity index (χ0n) is 29.7. The Morgan fingerprint density at radius 2 is 1.12 bits per heavy atom. The summed E-state index contributed by atoms with van der Waals surface area (Å²) in [6, 6.07) is 16.4. The fraction of sp³-hybridized carbons (Fsp3) is 0.175. The summed E-state index contributed by atoms with van der Waals surface area (Å²) < 4.78 is 99.9. The van der Waals surface area contributed by atoms with Gasteiger partial charge in [-0.1, -0.05) is 24.3 Å². The van der Waals surface area contributed by atoms with Gasteiger partial charge in [0.25, 0.3) is 0 Å². The van der Waals surface area contributed by atoms with Gasteiger partial charge in [-0.25, -0.2) is 42.5 Å². The van der Waals surface area contributed by atoms with Crippen molar-refractivity contribution in [2.75, 3.05) is 23.7 Å². The average molecular weight is 776 g/mol. The van der Waals surface area contributed by atoms with Crippen LogP contribution in [0.25, 0.3) is 21.8 Å². The predicted octanol–water partition coefficient (Wildman–Crippen LogP) is 9.65. The molecular formula is C40H32F7N7O2. The third-order valence-corrected chi connectivity index (χ3v) is 8.57. The van der Waals surface area contributed by atoms with Crippen molar-refractivity contribution in [3.05, 3.63) is 143 Å². The van der Waals surface area contributed by atoms with Gasteiger partial charge in [0.2, 0.25) is 5.88 Å². The molecule has 0 saturated carbocycles. The monoisotopic (exact) mass is 775 g/mol. The number of fused-ring (bicyclic) bond motifs is 2. The molecule has 0 aliphatic carbocycles. The predicted molar refractivity (Wildman–Crippen MR) is 197 cm³/mol. The van der Waals surface area contributed by atoms with E-state index in [-0.39, 0.29) is 45.1 Å². The summed E-state index contributed by atoms with van der Waals surface area (Å²) in [7, 11) is 0. The van der Waals surface area contributed by atoms with Crippen molar-refractivity contribution in [2.45, 2.75) is 32.9 Å². The van der Waals surface area contributed by atoms with E-state index in [0.717, 1.165) is 65.6 Å². The number of ether oxygens (including phenoxy) is 1. The first-order chi connectivity index (χ1) is 26.8. The fourth-order valence-electron chi connectivity index (χ4n) is 5.73. The smallest absolute Gasteiger partial charge is 0.416 e. The lowest BCUT2D eigenvalue weighted by atomic mass is 10.1. The largest absolute Gasteiger partial charge is 0.508 e. The number of aryl methyl sites for hydroxylation is 2. The number of aromatic nitrogens is 5. The second kappa shape index (κ2) is 16.8. The molecule has 0 aliphatic rings. The standard InChI is InChI=1S/C23H17F5N4O.C17H15F2N3O/c1-13-10-14(2-5-18(13)33-19-11-15(7-9-29-19)23(26,27)28)6-8-30-22-20-16(24)3-4-17(25)21(20)31-12-32-22;1-10-8-11(2-5-14(10)23)6-7-20-17-15-12(18)3-4-13(19)16(15)21-9-22-17/h2-5,7,9-12H,6,8H2,1H3,(H,30,31,32);2-5,8-9,23H,6-7H2,1H3,(H,20,21,22). The van der Waals surface area contributed by atoms with Crippen LogP contribution in [0.5, 0.6) is 17.4 Å². The number of alkyl halides is 3. The van der Waals surface area contributed by atoms with E-state index in [1.165, 1.54) is 6.33 Å². The molecule has 0 amide bonds. The van der Waals surface area contributed by atoms with Crippen LogP contribution in [0.1, 0.15) is 27.8 Å². The summed E-state index contributed by atoms with van der Waals surface area (Å²) >= 11 is 0. The summed E-state index contributed by atoms with van der Waals surface area (Å²) in [5.74, 6) is -1.50. The second-order valence-electron chi connectivity index (χ2n) is 12.5. The fourth-order valence-corrected chi connectivity index (χ4v) is 5.73. The van der Waals surface area contributed by atoms with Gasteiger partial charge in [-0.3, -0.25) is 0 Å². The van der Waals surface area contributed by atoms with Gasteiger partial charge in [-0.2, -0.15) is 13.2 Å². The molecule has 0 bridgehead atoms. The number of anilines is 2. The van der Waals surface area contributed by atoms with Crippen molar-refractivity contribution < 1.29 is 40.6 Å². The van der Waals surface area contributed by atoms with E-state index in [4.69, 9.17) is 4.74 Å². The van der Waals surface area contributed by atoms with Crippen LogP contribution in [0, 0.1) is 37.1 Å². The highest BCUT2D eigenvalue weighted by Gasteiger charge is 2.31. The van der Waals surface area contributed by atoms with E-state index in [9.17, 15) is 35.8 Å². The van der Waals surface area contributed by atoms with Crippen molar-refractivity contribution in [1.82, 2.24) is 24.9 Å². The summed E-state index contributed by atoms with van der Waals surface area (Å²) in [6.45, 7) is 4.45. The highest BCUT2D eigenvalue weighted by Crippen LogP contribution is 2.33. The Bertz CT molecular complexity index is 2520. The van der Waals surface area contributed by atoms with Crippen molar-refractivity contribution in [2.24, 2.45) is 0 Å². The number of pyridine rings is 1. The number of aromatic hydroxyl groups is 1. The molecular weight excluding hydrogens is 743 g/mol. The molecule has 288 valence electrons. The van der Waals surface area contributed by atoms with Crippen LogP contribution >= 0.6 is 0 Å². The van der Waals surface area contributed by atoms with Gasteiger partial charge >= 0.3 is 6.18 Å². The number of phenols is 1. The minimum absolute atomic E-state index is 0.0222. The summed E-state index contributed by atoms with van der Waals surface area (Å²) in [4.78, 5) is 19.4. The highest BCUT2D eigenvalue weighted by atomic mass is 19.4. The lowest BCUT2D eigenvalue weighted by molar-refractivity contribution is -0.137. The molecule has 3 aromatic heterocycles. The van der Waals surface area contributed by atoms with Gasteiger partial charge in [0.1, 0.15) is 70.1 Å². The maximum Gasteiger partial charge on any atom is 0.416 e. The first-order valence-electron chi connectivity index (χ1n) is 17.0. The van der Waals surface area contributed by atoms with Crippen molar-refractivity contribution in [1.29, 1.82) is 0 Å². The first kappa shape index (κ1) is 39.1. The number of halogens is 7. The summed E-state index contributed by atoms with van der Waals surface area (Å²) in [5.41, 5.74) is 2.43. The van der Waals surface area contributed by atoms with Crippen LogP contribution in [-0.4, -0.2) is 43.1 Å². The molecule has 9 nitrogen and oxygen atoms in total. The molecule has 16 heteroatoms. The van der Waals surface area contributed by atoms with E-state index in [0.29, 0.717) is 37.2 Å². The molecule has 3 heterocycles. The maximum atomic E-state index is 14.2. The van der Waals surface area contributed by atoms with Crippen molar-refractivity contribution in [3.63, 3.8) is 0 Å². The Balaban J connectivity index is 0.000000202. The first-order valence-corrected chi connectivity index (χ1v) is 17.0. The molecule has 0 spiro atoms. The average Bonchev–Trinajstić information content (AvgIpc) is 3.17. The minimum atomic E-state index is -4.49. The number of benzene rings is 4. The van der Waals surface area contributed by atoms with Gasteiger partial charge in [0.15, 0.2) is 0 Å². The number of rotatable bonds is 10. The van der Waals surface area contributed by atoms with E-state index >= 15 is 0 Å². The quantitative estimate of drug-likeness (QED) is 0.117. The van der Waals surface area contributed by atoms with Crippen LogP contribution in [0.15, 0.2) is 91.6 Å². The molecule has 7 aromatic rings. The van der Waals surface area contributed by atoms with Gasteiger partial charge in [0.05, 0.1) is 16.3 Å². The van der Waals surface area contributed by atoms with Gasteiger partial charge in [-0.05, 0) is 91.4 Å². The van der Waals surface area contributed by atoms with E-state index in [2.05, 4.69) is 35.6 Å². The van der Waals surface area contributed by atoms with Gasteiger partial charge in [-0.15, -0.1) is 0 Å². The SMILES string of the molecule is Cc1cc(CCNc2ncnc3c(F)ccc(F)c23)ccc1O.Cc1cc(CCNc2ncnc3c(F)ccc(F)c23)ccc1Oc1cc(C(F)(F)F)ccn1. The summed E-state index contributed by atoms with van der Waals surface area (Å²) in [6.07, 6.45) is 0.0911. The van der Waals surface area contributed by atoms with Crippen LogP contribution in [0.2, 0.25) is 0 Å². The minimum Gasteiger partial charge on any atom is -0.508 e. The topological polar surface area (TPSA) is 118 Å². The zero-order chi connectivity index (χ0) is 40.0. The van der Waals surface area contributed by atoms with Crippen LogP contribution < -0.4 is 15.4 Å². The third kappa shape index (κ3) is 9.19. The van der Waals surface area contributed by atoms with Gasteiger partial charge in [0, 0.05) is 25.4 Å². The van der Waals surface area contributed by atoms with E-state index in [1.54, 1.807) is 25.1 Å². The Kier molecular flexibility index (Phi) is 11.8.